The lowest BCUT2D eigenvalue weighted by Gasteiger charge is -1.98. The molecule has 1 aromatic carbocycles. The number of aromatic nitrogens is 1. The molecule has 2 aromatic rings. The molecule has 0 fully saturated rings. The van der Waals surface area contributed by atoms with Crippen LogP contribution in [0.25, 0.3) is 11.1 Å². The van der Waals surface area contributed by atoms with Gasteiger partial charge < -0.3 is 17.3 Å². The van der Waals surface area contributed by atoms with Gasteiger partial charge in [0.15, 0.2) is 0 Å². The largest absolute Gasteiger partial charge is 0.673 e. The molecule has 0 saturated heterocycles. The quantitative estimate of drug-likeness (QED) is 0.465. The Morgan fingerprint density at radius 3 is 1.95 bits per heavy atom. The lowest BCUT2D eigenvalue weighted by atomic mass is 10.1. The molecular formula is C12H12BF4NO. The highest BCUT2D eigenvalue weighted by atomic mass is 19.5. The van der Waals surface area contributed by atoms with E-state index >= 15 is 0 Å². The zero-order valence-electron chi connectivity index (χ0n) is 10.1. The zero-order valence-corrected chi connectivity index (χ0v) is 10.1. The van der Waals surface area contributed by atoms with Gasteiger partial charge >= 0.3 is 7.25 Å². The molecule has 0 aliphatic carbocycles. The van der Waals surface area contributed by atoms with Gasteiger partial charge in [-0.15, -0.1) is 0 Å². The maximum Gasteiger partial charge on any atom is 0.673 e. The maximum absolute atomic E-state index is 9.75. The number of hydrogen-bond acceptors (Lipinski definition) is 1. The molecule has 0 N–H and O–H groups in total. The molecular weight excluding hydrogens is 261 g/mol. The SMILES string of the molecule is CO[n+]1cccc(-c2ccccc2)c1.F[B-](F)(F)F. The normalized spacial score (nSPS) is 10.4. The van der Waals surface area contributed by atoms with Gasteiger partial charge in [0, 0.05) is 10.8 Å². The van der Waals surface area contributed by atoms with Gasteiger partial charge in [-0.1, -0.05) is 30.3 Å². The van der Waals surface area contributed by atoms with E-state index in [1.165, 1.54) is 5.56 Å². The van der Waals surface area contributed by atoms with Gasteiger partial charge in [-0.25, -0.2) is 0 Å². The number of nitrogens with zero attached hydrogens (tertiary/aromatic N) is 1. The van der Waals surface area contributed by atoms with E-state index in [0.717, 1.165) is 5.56 Å². The minimum Gasteiger partial charge on any atom is -0.418 e. The van der Waals surface area contributed by atoms with E-state index in [1.807, 2.05) is 36.7 Å². The smallest absolute Gasteiger partial charge is 0.418 e. The van der Waals surface area contributed by atoms with Crippen LogP contribution in [0.15, 0.2) is 54.9 Å². The molecule has 0 saturated carbocycles. The van der Waals surface area contributed by atoms with Crippen LogP contribution >= 0.6 is 0 Å². The first-order valence-corrected chi connectivity index (χ1v) is 5.38. The van der Waals surface area contributed by atoms with Crippen molar-refractivity contribution in [2.75, 3.05) is 7.11 Å². The van der Waals surface area contributed by atoms with Crippen LogP contribution in [0.2, 0.25) is 0 Å². The highest BCUT2D eigenvalue weighted by Crippen LogP contribution is 2.15. The van der Waals surface area contributed by atoms with Crippen LogP contribution in [0.3, 0.4) is 0 Å². The Morgan fingerprint density at radius 2 is 1.42 bits per heavy atom. The molecule has 7 heteroatoms. The average Bonchev–Trinajstić information content (AvgIpc) is 2.38. The first kappa shape index (κ1) is 15.0. The highest BCUT2D eigenvalue weighted by molar-refractivity contribution is 6.50. The van der Waals surface area contributed by atoms with Gasteiger partial charge in [-0.2, -0.15) is 0 Å². The van der Waals surface area contributed by atoms with Crippen molar-refractivity contribution in [1.29, 1.82) is 0 Å². The van der Waals surface area contributed by atoms with E-state index in [2.05, 4.69) is 18.2 Å². The number of rotatable bonds is 2. The molecule has 0 radical (unpaired) electrons. The second-order valence-corrected chi connectivity index (χ2v) is 3.50. The molecule has 102 valence electrons. The van der Waals surface area contributed by atoms with Gasteiger partial charge in [-0.05, 0) is 11.6 Å². The molecule has 0 aliphatic rings. The molecule has 0 unspecified atom stereocenters. The summed E-state index contributed by atoms with van der Waals surface area (Å²) in [5.41, 5.74) is 2.34. The average molecular weight is 273 g/mol. The molecule has 0 bridgehead atoms. The van der Waals surface area contributed by atoms with Crippen molar-refractivity contribution in [1.82, 2.24) is 0 Å². The van der Waals surface area contributed by atoms with Crippen molar-refractivity contribution in [2.24, 2.45) is 0 Å². The molecule has 19 heavy (non-hydrogen) atoms. The Kier molecular flexibility index (Phi) is 5.35. The van der Waals surface area contributed by atoms with Crippen molar-refractivity contribution < 1.29 is 26.8 Å². The topological polar surface area (TPSA) is 13.1 Å². The van der Waals surface area contributed by atoms with Crippen molar-refractivity contribution in [3.63, 3.8) is 0 Å². The number of hydrogen-bond donors (Lipinski definition) is 0. The lowest BCUT2D eigenvalue weighted by Crippen LogP contribution is -2.39. The van der Waals surface area contributed by atoms with E-state index in [9.17, 15) is 17.3 Å². The van der Waals surface area contributed by atoms with E-state index < -0.39 is 7.25 Å². The minimum absolute atomic E-state index is 1.15. The van der Waals surface area contributed by atoms with Crippen LogP contribution in [0.1, 0.15) is 0 Å². The lowest BCUT2D eigenvalue weighted by molar-refractivity contribution is -0.885. The van der Waals surface area contributed by atoms with Gasteiger partial charge in [-0.3, -0.25) is 4.84 Å². The summed E-state index contributed by atoms with van der Waals surface area (Å²) >= 11 is 0. The summed E-state index contributed by atoms with van der Waals surface area (Å²) in [6.07, 6.45) is 3.82. The summed E-state index contributed by atoms with van der Waals surface area (Å²) in [7, 11) is -4.35. The van der Waals surface area contributed by atoms with E-state index in [4.69, 9.17) is 4.84 Å². The zero-order chi connectivity index (χ0) is 14.3. The Balaban J connectivity index is 0.000000312. The summed E-state index contributed by atoms with van der Waals surface area (Å²) in [6.45, 7) is 0. The Bertz CT molecular complexity index is 499. The molecule has 1 aromatic heterocycles. The molecule has 0 spiro atoms. The number of halogens is 4. The highest BCUT2D eigenvalue weighted by Gasteiger charge is 2.20. The summed E-state index contributed by atoms with van der Waals surface area (Å²) in [5, 5.41) is 0. The maximum atomic E-state index is 9.75. The fourth-order valence-electron chi connectivity index (χ4n) is 1.37. The van der Waals surface area contributed by atoms with Crippen LogP contribution in [0.4, 0.5) is 17.3 Å². The second-order valence-electron chi connectivity index (χ2n) is 3.50. The van der Waals surface area contributed by atoms with Gasteiger partial charge in [0.05, 0.1) is 5.56 Å². The third-order valence-corrected chi connectivity index (χ3v) is 2.09. The fourth-order valence-corrected chi connectivity index (χ4v) is 1.37. The third-order valence-electron chi connectivity index (χ3n) is 2.09. The molecule has 2 nitrogen and oxygen atoms in total. The third kappa shape index (κ3) is 6.45. The van der Waals surface area contributed by atoms with Crippen molar-refractivity contribution in [2.45, 2.75) is 0 Å². The summed E-state index contributed by atoms with van der Waals surface area (Å²) in [6, 6.07) is 14.2. The van der Waals surface area contributed by atoms with Gasteiger partial charge in [0.1, 0.15) is 7.11 Å². The molecule has 0 atom stereocenters. The molecule has 0 aliphatic heterocycles. The Morgan fingerprint density at radius 1 is 0.895 bits per heavy atom. The summed E-state index contributed by atoms with van der Waals surface area (Å²) in [4.78, 5) is 5.09. The van der Waals surface area contributed by atoms with Crippen LogP contribution in [0.5, 0.6) is 0 Å². The van der Waals surface area contributed by atoms with E-state index in [0.29, 0.717) is 0 Å². The first-order valence-electron chi connectivity index (χ1n) is 5.38. The van der Waals surface area contributed by atoms with Crippen molar-refractivity contribution >= 4 is 7.25 Å². The molecule has 0 amide bonds. The number of pyridine rings is 1. The summed E-state index contributed by atoms with van der Waals surface area (Å²) < 4.78 is 40.7. The van der Waals surface area contributed by atoms with Crippen LogP contribution < -0.4 is 9.57 Å². The standard InChI is InChI=1S/C12H12NO.BF4/c1-14-13-9-5-8-12(10-13)11-6-3-2-4-7-11;2-1(3,4)5/h2-10H,1H3;/q+1;-1. The van der Waals surface area contributed by atoms with Crippen LogP contribution in [-0.4, -0.2) is 14.4 Å². The van der Waals surface area contributed by atoms with E-state index in [-0.39, 0.29) is 0 Å². The summed E-state index contributed by atoms with van der Waals surface area (Å²) in [5.74, 6) is 0. The van der Waals surface area contributed by atoms with Crippen LogP contribution in [-0.2, 0) is 0 Å². The Hall–Kier alpha value is -2.05. The monoisotopic (exact) mass is 273 g/mol. The van der Waals surface area contributed by atoms with Crippen LogP contribution in [0, 0.1) is 0 Å². The minimum atomic E-state index is -6.00. The van der Waals surface area contributed by atoms with Gasteiger partial charge in [0.25, 0.3) is 0 Å². The molecule has 1 heterocycles. The predicted octanol–water partition coefficient (Wildman–Crippen LogP) is 3.00. The first-order chi connectivity index (χ1) is 8.90. The predicted molar refractivity (Wildman–Crippen MR) is 64.8 cm³/mol. The molecule has 2 rings (SSSR count). The fraction of sp³-hybridized carbons (Fsp3) is 0.0833. The van der Waals surface area contributed by atoms with E-state index in [1.54, 1.807) is 11.8 Å². The second kappa shape index (κ2) is 6.77. The van der Waals surface area contributed by atoms with Gasteiger partial charge in [0.2, 0.25) is 12.4 Å². The van der Waals surface area contributed by atoms with Crippen molar-refractivity contribution in [3.05, 3.63) is 54.9 Å². The number of benzene rings is 1. The Labute approximate surface area is 108 Å². The van der Waals surface area contributed by atoms with Crippen molar-refractivity contribution in [3.8, 4) is 11.1 Å².